The third-order valence-electron chi connectivity index (χ3n) is 6.60. The molecule has 0 radical (unpaired) electrons. The van der Waals surface area contributed by atoms with E-state index >= 15 is 0 Å². The number of likely N-dealkylation sites (tertiary alicyclic amines) is 2. The summed E-state index contributed by atoms with van der Waals surface area (Å²) < 4.78 is 0. The van der Waals surface area contributed by atoms with Crippen LogP contribution in [0.25, 0.3) is 0 Å². The van der Waals surface area contributed by atoms with E-state index in [4.69, 9.17) is 0 Å². The molecule has 4 atom stereocenters. The van der Waals surface area contributed by atoms with Crippen molar-refractivity contribution >= 4 is 5.91 Å². The van der Waals surface area contributed by atoms with E-state index in [2.05, 4.69) is 42.7 Å². The quantitative estimate of drug-likeness (QED) is 0.719. The van der Waals surface area contributed by atoms with Crippen LogP contribution in [0.1, 0.15) is 72.1 Å². The molecule has 0 bridgehead atoms. The summed E-state index contributed by atoms with van der Waals surface area (Å²) in [7, 11) is 0. The highest BCUT2D eigenvalue weighted by atomic mass is 16.2. The summed E-state index contributed by atoms with van der Waals surface area (Å²) in [4.78, 5) is 17.8. The van der Waals surface area contributed by atoms with Gasteiger partial charge in [-0.15, -0.1) is 0 Å². The molecule has 2 saturated heterocycles. The smallest absolute Gasteiger partial charge is 0.240 e. The Balaban J connectivity index is 1.68. The third-order valence-corrected chi connectivity index (χ3v) is 6.60. The number of amides is 1. The number of piperidine rings is 2. The van der Waals surface area contributed by atoms with Gasteiger partial charge in [0.1, 0.15) is 0 Å². The largest absolute Gasteiger partial charge is 0.336 e. The lowest BCUT2D eigenvalue weighted by atomic mass is 9.71. The molecule has 2 heterocycles. The second kappa shape index (κ2) is 6.96. The van der Waals surface area contributed by atoms with Crippen molar-refractivity contribution in [3.8, 4) is 0 Å². The molecule has 2 aliphatic heterocycles. The van der Waals surface area contributed by atoms with Crippen LogP contribution in [-0.2, 0) is 4.79 Å². The number of hydrogen-bond acceptors (Lipinski definition) is 2. The van der Waals surface area contributed by atoms with Crippen molar-refractivity contribution in [2.24, 2.45) is 5.41 Å². The van der Waals surface area contributed by atoms with Gasteiger partial charge in [-0.2, -0.15) is 0 Å². The summed E-state index contributed by atoms with van der Waals surface area (Å²) in [5.41, 5.74) is 0.445. The van der Waals surface area contributed by atoms with Gasteiger partial charge in [-0.3, -0.25) is 9.69 Å². The van der Waals surface area contributed by atoms with Crippen molar-refractivity contribution in [1.29, 1.82) is 0 Å². The predicted octanol–water partition coefficient (Wildman–Crippen LogP) is 3.99. The zero-order valence-corrected chi connectivity index (χ0v) is 15.3. The first kappa shape index (κ1) is 17.0. The minimum Gasteiger partial charge on any atom is -0.336 e. The number of carbonyl (C=O) groups excluding carboxylic acids is 1. The van der Waals surface area contributed by atoms with E-state index in [0.717, 1.165) is 25.9 Å². The van der Waals surface area contributed by atoms with Crippen LogP contribution in [0.4, 0.5) is 0 Å². The molecule has 0 aromatic carbocycles. The molecule has 0 unspecified atom stereocenters. The Morgan fingerprint density at radius 2 is 1.87 bits per heavy atom. The molecule has 0 aromatic heterocycles. The molecule has 0 N–H and O–H groups in total. The minimum atomic E-state index is 0.0427. The second-order valence-electron chi connectivity index (χ2n) is 8.34. The molecule has 3 aliphatic rings. The maximum atomic E-state index is 13.2. The number of rotatable bonds is 2. The van der Waals surface area contributed by atoms with Gasteiger partial charge in [0.25, 0.3) is 0 Å². The molecule has 130 valence electrons. The van der Waals surface area contributed by atoms with Crippen molar-refractivity contribution in [1.82, 2.24) is 9.80 Å². The highest BCUT2D eigenvalue weighted by Gasteiger charge is 2.40. The fourth-order valence-electron chi connectivity index (χ4n) is 5.12. The highest BCUT2D eigenvalue weighted by molar-refractivity contribution is 5.82. The fraction of sp³-hybridized carbons (Fsp3) is 0.850. The Labute approximate surface area is 142 Å². The zero-order chi connectivity index (χ0) is 16.4. The van der Waals surface area contributed by atoms with Gasteiger partial charge < -0.3 is 4.90 Å². The molecule has 3 rings (SSSR count). The van der Waals surface area contributed by atoms with E-state index in [0.29, 0.717) is 23.4 Å². The van der Waals surface area contributed by atoms with Crippen LogP contribution in [0, 0.1) is 5.41 Å². The first-order chi connectivity index (χ1) is 11.0. The Morgan fingerprint density at radius 1 is 1.13 bits per heavy atom. The Hall–Kier alpha value is -0.830. The lowest BCUT2D eigenvalue weighted by Crippen LogP contribution is -2.57. The number of hydrogen-bond donors (Lipinski definition) is 0. The third kappa shape index (κ3) is 3.50. The number of carbonyl (C=O) groups is 1. The van der Waals surface area contributed by atoms with Crippen LogP contribution in [0.5, 0.6) is 0 Å². The summed E-state index contributed by atoms with van der Waals surface area (Å²) in [6.45, 7) is 8.80. The van der Waals surface area contributed by atoms with E-state index < -0.39 is 0 Å². The van der Waals surface area contributed by atoms with Crippen LogP contribution in [-0.4, -0.2) is 46.9 Å². The second-order valence-corrected chi connectivity index (χ2v) is 8.34. The molecule has 2 fully saturated rings. The first-order valence-corrected chi connectivity index (χ1v) is 9.74. The van der Waals surface area contributed by atoms with Crippen LogP contribution >= 0.6 is 0 Å². The van der Waals surface area contributed by atoms with Gasteiger partial charge in [-0.1, -0.05) is 12.2 Å². The molecule has 1 spiro atoms. The van der Waals surface area contributed by atoms with Crippen molar-refractivity contribution in [3.05, 3.63) is 12.2 Å². The van der Waals surface area contributed by atoms with Gasteiger partial charge in [-0.25, -0.2) is 0 Å². The monoisotopic (exact) mass is 318 g/mol. The van der Waals surface area contributed by atoms with Crippen LogP contribution in [0.15, 0.2) is 12.2 Å². The number of allylic oxidation sites excluding steroid dienone is 2. The molecule has 1 amide bonds. The lowest BCUT2D eigenvalue weighted by Gasteiger charge is -2.48. The normalized spacial score (nSPS) is 37.1. The summed E-state index contributed by atoms with van der Waals surface area (Å²) in [6.07, 6.45) is 14.6. The van der Waals surface area contributed by atoms with Crippen molar-refractivity contribution in [2.45, 2.75) is 90.3 Å². The average molecular weight is 319 g/mol. The molecule has 0 saturated carbocycles. The fourth-order valence-corrected chi connectivity index (χ4v) is 5.12. The van der Waals surface area contributed by atoms with Crippen molar-refractivity contribution < 1.29 is 4.79 Å². The molecule has 23 heavy (non-hydrogen) atoms. The van der Waals surface area contributed by atoms with Crippen molar-refractivity contribution in [2.75, 3.05) is 13.1 Å². The molecule has 3 nitrogen and oxygen atoms in total. The number of nitrogens with zero attached hydrogens (tertiary/aromatic N) is 2. The highest BCUT2D eigenvalue weighted by Crippen LogP contribution is 2.41. The Morgan fingerprint density at radius 3 is 2.52 bits per heavy atom. The van der Waals surface area contributed by atoms with E-state index in [9.17, 15) is 4.79 Å². The van der Waals surface area contributed by atoms with Gasteiger partial charge in [0.15, 0.2) is 0 Å². The molecule has 1 aliphatic carbocycles. The van der Waals surface area contributed by atoms with Crippen LogP contribution in [0.2, 0.25) is 0 Å². The van der Waals surface area contributed by atoms with Gasteiger partial charge in [0.2, 0.25) is 5.91 Å². The SMILES string of the molecule is C[C@H](C(=O)N1[C@H](C)CCC[C@H]1C)N1CCC[C@]2(CC=CCC2)C1. The zero-order valence-electron chi connectivity index (χ0n) is 15.3. The van der Waals surface area contributed by atoms with Crippen LogP contribution < -0.4 is 0 Å². The first-order valence-electron chi connectivity index (χ1n) is 9.74. The summed E-state index contributed by atoms with van der Waals surface area (Å²) in [5, 5.41) is 0. The van der Waals surface area contributed by atoms with Gasteiger partial charge >= 0.3 is 0 Å². The van der Waals surface area contributed by atoms with E-state index in [1.54, 1.807) is 0 Å². The van der Waals surface area contributed by atoms with Crippen molar-refractivity contribution in [3.63, 3.8) is 0 Å². The van der Waals surface area contributed by atoms with Gasteiger partial charge in [-0.05, 0) is 84.1 Å². The van der Waals surface area contributed by atoms with E-state index in [1.807, 2.05) is 0 Å². The van der Waals surface area contributed by atoms with Crippen LogP contribution in [0.3, 0.4) is 0 Å². The summed E-state index contributed by atoms with van der Waals surface area (Å²) in [6, 6.07) is 0.858. The topological polar surface area (TPSA) is 23.6 Å². The summed E-state index contributed by atoms with van der Waals surface area (Å²) >= 11 is 0. The molecular formula is C20H34N2O. The predicted molar refractivity (Wildman–Crippen MR) is 95.3 cm³/mol. The maximum Gasteiger partial charge on any atom is 0.240 e. The minimum absolute atomic E-state index is 0.0427. The van der Waals surface area contributed by atoms with E-state index in [1.165, 1.54) is 38.5 Å². The molecule has 0 aromatic rings. The average Bonchev–Trinajstić information content (AvgIpc) is 2.54. The van der Waals surface area contributed by atoms with Gasteiger partial charge in [0, 0.05) is 18.6 Å². The maximum absolute atomic E-state index is 13.2. The molecular weight excluding hydrogens is 284 g/mol. The Bertz CT molecular complexity index is 451. The Kier molecular flexibility index (Phi) is 5.15. The van der Waals surface area contributed by atoms with E-state index in [-0.39, 0.29) is 6.04 Å². The summed E-state index contributed by atoms with van der Waals surface area (Å²) in [5.74, 6) is 0.369. The lowest BCUT2D eigenvalue weighted by molar-refractivity contribution is -0.144. The van der Waals surface area contributed by atoms with Gasteiger partial charge in [0.05, 0.1) is 6.04 Å². The standard InChI is InChI=1S/C20H34N2O/c1-16-9-7-10-17(2)22(16)19(23)18(3)21-14-8-13-20(15-21)11-5-4-6-12-20/h4-5,16-18H,6-15H2,1-3H3/t16-,17-,18-,20-/m1/s1. The molecule has 3 heteroatoms.